The van der Waals surface area contributed by atoms with Crippen LogP contribution < -0.4 is 5.32 Å². The van der Waals surface area contributed by atoms with Gasteiger partial charge < -0.3 is 10.2 Å². The van der Waals surface area contributed by atoms with E-state index in [1.54, 1.807) is 0 Å². The molecule has 3 rings (SSSR count). The van der Waals surface area contributed by atoms with E-state index < -0.39 is 10.8 Å². The maximum absolute atomic E-state index is 12.2. The summed E-state index contributed by atoms with van der Waals surface area (Å²) in [6.45, 7) is 2.99. The predicted molar refractivity (Wildman–Crippen MR) is 117 cm³/mol. The predicted octanol–water partition coefficient (Wildman–Crippen LogP) is 3.25. The highest BCUT2D eigenvalue weighted by molar-refractivity contribution is 14.0. The van der Waals surface area contributed by atoms with Crippen LogP contribution in [0.1, 0.15) is 31.2 Å². The van der Waals surface area contributed by atoms with Crippen LogP contribution >= 0.6 is 24.0 Å². The van der Waals surface area contributed by atoms with Gasteiger partial charge in [-0.2, -0.15) is 0 Å². The smallest absolute Gasteiger partial charge is 0.193 e. The van der Waals surface area contributed by atoms with Gasteiger partial charge in [0.1, 0.15) is 0 Å². The van der Waals surface area contributed by atoms with Crippen molar-refractivity contribution in [2.75, 3.05) is 32.4 Å². The summed E-state index contributed by atoms with van der Waals surface area (Å²) in [6.07, 6.45) is 5.53. The van der Waals surface area contributed by atoms with Gasteiger partial charge in [0.05, 0.1) is 0 Å². The first-order chi connectivity index (χ1) is 11.8. The van der Waals surface area contributed by atoms with Gasteiger partial charge in [0.25, 0.3) is 0 Å². The molecule has 1 aliphatic carbocycles. The summed E-state index contributed by atoms with van der Waals surface area (Å²) in [4.78, 5) is 6.84. The zero-order chi connectivity index (χ0) is 16.8. The Morgan fingerprint density at radius 3 is 2.44 bits per heavy atom. The Hall–Kier alpha value is -0.630. The van der Waals surface area contributed by atoms with Gasteiger partial charge in [-0.3, -0.25) is 9.20 Å². The maximum Gasteiger partial charge on any atom is 0.193 e. The van der Waals surface area contributed by atoms with Crippen LogP contribution in [-0.2, 0) is 16.6 Å². The number of rotatable bonds is 5. The molecule has 0 spiro atoms. The Morgan fingerprint density at radius 2 is 1.84 bits per heavy atom. The molecule has 1 aliphatic heterocycles. The van der Waals surface area contributed by atoms with Crippen molar-refractivity contribution >= 4 is 40.7 Å². The molecule has 3 atom stereocenters. The number of fused-ring (bicyclic) bond motifs is 1. The molecule has 25 heavy (non-hydrogen) atoms. The lowest BCUT2D eigenvalue weighted by Gasteiger charge is -2.22. The molecule has 6 heteroatoms. The third-order valence-electron chi connectivity index (χ3n) is 5.27. The number of likely N-dealkylation sites (tertiary alicyclic amines) is 1. The van der Waals surface area contributed by atoms with Crippen LogP contribution in [0.4, 0.5) is 0 Å². The molecule has 0 bridgehead atoms. The van der Waals surface area contributed by atoms with Crippen LogP contribution in [-0.4, -0.2) is 47.5 Å². The third kappa shape index (κ3) is 5.94. The Morgan fingerprint density at radius 1 is 1.20 bits per heavy atom. The van der Waals surface area contributed by atoms with Gasteiger partial charge in [-0.25, -0.2) is 0 Å². The fourth-order valence-corrected chi connectivity index (χ4v) is 5.06. The van der Waals surface area contributed by atoms with Crippen LogP contribution in [0.25, 0.3) is 0 Å². The fourth-order valence-electron chi connectivity index (χ4n) is 4.02. The largest absolute Gasteiger partial charge is 0.355 e. The van der Waals surface area contributed by atoms with Crippen molar-refractivity contribution in [2.45, 2.75) is 31.4 Å². The number of halogens is 1. The lowest BCUT2D eigenvalue weighted by Crippen LogP contribution is -2.41. The molecule has 1 saturated heterocycles. The number of hydrogen-bond donors (Lipinski definition) is 1. The van der Waals surface area contributed by atoms with Crippen molar-refractivity contribution < 1.29 is 4.21 Å². The van der Waals surface area contributed by atoms with Crippen molar-refractivity contribution in [2.24, 2.45) is 16.8 Å². The molecule has 1 aromatic carbocycles. The molecule has 0 aromatic heterocycles. The minimum absolute atomic E-state index is 0. The van der Waals surface area contributed by atoms with Crippen LogP contribution in [0.3, 0.4) is 0 Å². The van der Waals surface area contributed by atoms with Crippen LogP contribution in [0.2, 0.25) is 0 Å². The average Bonchev–Trinajstić information content (AvgIpc) is 3.03. The van der Waals surface area contributed by atoms with Gasteiger partial charge in [-0.15, -0.1) is 24.0 Å². The van der Waals surface area contributed by atoms with E-state index >= 15 is 0 Å². The first-order valence-electron chi connectivity index (χ1n) is 9.11. The Balaban J connectivity index is 0.00000225. The first-order valence-corrected chi connectivity index (χ1v) is 10.6. The minimum Gasteiger partial charge on any atom is -0.355 e. The molecule has 0 radical (unpaired) electrons. The average molecular weight is 475 g/mol. The van der Waals surface area contributed by atoms with Gasteiger partial charge in [0, 0.05) is 49.0 Å². The van der Waals surface area contributed by atoms with Gasteiger partial charge in [0.15, 0.2) is 5.96 Å². The van der Waals surface area contributed by atoms with E-state index in [1.165, 1.54) is 25.7 Å². The van der Waals surface area contributed by atoms with Crippen LogP contribution in [0.5, 0.6) is 0 Å². The number of nitrogens with zero attached hydrogens (tertiary/aromatic N) is 2. The molecule has 4 nitrogen and oxygen atoms in total. The van der Waals surface area contributed by atoms with Gasteiger partial charge in [-0.05, 0) is 30.2 Å². The molecule has 3 unspecified atom stereocenters. The van der Waals surface area contributed by atoms with E-state index in [0.717, 1.165) is 43.0 Å². The second kappa shape index (κ2) is 10.5. The maximum atomic E-state index is 12.2. The Labute approximate surface area is 171 Å². The first kappa shape index (κ1) is 20.7. The van der Waals surface area contributed by atoms with Crippen LogP contribution in [0, 0.1) is 11.8 Å². The van der Waals surface area contributed by atoms with E-state index in [2.05, 4.69) is 15.2 Å². The van der Waals surface area contributed by atoms with E-state index in [1.807, 2.05) is 37.4 Å². The van der Waals surface area contributed by atoms with E-state index in [4.69, 9.17) is 0 Å². The second-order valence-corrected chi connectivity index (χ2v) is 8.53. The molecule has 0 amide bonds. The van der Waals surface area contributed by atoms with Crippen molar-refractivity contribution in [1.29, 1.82) is 0 Å². The van der Waals surface area contributed by atoms with Crippen molar-refractivity contribution in [3.05, 3.63) is 35.9 Å². The van der Waals surface area contributed by atoms with E-state index in [-0.39, 0.29) is 24.0 Å². The lowest BCUT2D eigenvalue weighted by molar-refractivity contribution is 0.299. The SMILES string of the molecule is CN=C(NCCS(=O)Cc1ccccc1)N1CC2CCCCC2C1.I. The fraction of sp³-hybridized carbons (Fsp3) is 0.632. The van der Waals surface area contributed by atoms with Crippen molar-refractivity contribution in [3.8, 4) is 0 Å². The monoisotopic (exact) mass is 475 g/mol. The number of benzene rings is 1. The van der Waals surface area contributed by atoms with Gasteiger partial charge in [-0.1, -0.05) is 43.2 Å². The van der Waals surface area contributed by atoms with Gasteiger partial charge in [0.2, 0.25) is 0 Å². The third-order valence-corrected chi connectivity index (χ3v) is 6.59. The van der Waals surface area contributed by atoms with E-state index in [9.17, 15) is 4.21 Å². The molecule has 2 fully saturated rings. The normalized spacial score (nSPS) is 24.4. The summed E-state index contributed by atoms with van der Waals surface area (Å²) in [5, 5.41) is 3.42. The molecular weight excluding hydrogens is 445 g/mol. The zero-order valence-electron chi connectivity index (χ0n) is 15.0. The minimum atomic E-state index is -0.834. The summed E-state index contributed by atoms with van der Waals surface area (Å²) >= 11 is 0. The number of guanidine groups is 1. The number of nitrogens with one attached hydrogen (secondary N) is 1. The van der Waals surface area contributed by atoms with Gasteiger partial charge >= 0.3 is 0 Å². The number of aliphatic imine (C=N–C) groups is 1. The summed E-state index contributed by atoms with van der Waals surface area (Å²) in [7, 11) is 1.02. The lowest BCUT2D eigenvalue weighted by atomic mass is 9.82. The molecule has 1 saturated carbocycles. The van der Waals surface area contributed by atoms with E-state index in [0.29, 0.717) is 11.5 Å². The molecule has 1 aromatic rings. The molecule has 2 aliphatic rings. The molecular formula is C19H30IN3OS. The topological polar surface area (TPSA) is 44.7 Å². The molecule has 1 heterocycles. The zero-order valence-corrected chi connectivity index (χ0v) is 18.2. The summed E-state index contributed by atoms with van der Waals surface area (Å²) in [5.41, 5.74) is 1.14. The highest BCUT2D eigenvalue weighted by atomic mass is 127. The molecule has 1 N–H and O–H groups in total. The highest BCUT2D eigenvalue weighted by Crippen LogP contribution is 2.35. The van der Waals surface area contributed by atoms with Crippen molar-refractivity contribution in [3.63, 3.8) is 0 Å². The molecule has 140 valence electrons. The quantitative estimate of drug-likeness (QED) is 0.404. The Kier molecular flexibility index (Phi) is 8.69. The summed E-state index contributed by atoms with van der Waals surface area (Å²) < 4.78 is 12.2. The highest BCUT2D eigenvalue weighted by Gasteiger charge is 2.35. The number of hydrogen-bond acceptors (Lipinski definition) is 2. The standard InChI is InChI=1S/C19H29N3OS.HI/c1-20-19(22-13-17-9-5-6-10-18(17)14-22)21-11-12-24(23)15-16-7-3-2-4-8-16;/h2-4,7-8,17-18H,5-6,9-15H2,1H3,(H,20,21);1H. The Bertz CT molecular complexity index is 567. The van der Waals surface area contributed by atoms with Crippen LogP contribution in [0.15, 0.2) is 35.3 Å². The second-order valence-electron chi connectivity index (χ2n) is 6.96. The summed E-state index contributed by atoms with van der Waals surface area (Å²) in [5.74, 6) is 3.99. The van der Waals surface area contributed by atoms with Crippen molar-refractivity contribution in [1.82, 2.24) is 10.2 Å². The summed E-state index contributed by atoms with van der Waals surface area (Å²) in [6, 6.07) is 10.1.